The molecule has 0 bridgehead atoms. The fourth-order valence-electron chi connectivity index (χ4n) is 2.15. The van der Waals surface area contributed by atoms with Gasteiger partial charge in [0.15, 0.2) is 12.1 Å². The number of ketones is 1. The van der Waals surface area contributed by atoms with Crippen LogP contribution in [0.4, 0.5) is 4.39 Å². The molecule has 0 heterocycles. The lowest BCUT2D eigenvalue weighted by Gasteiger charge is -2.18. The summed E-state index contributed by atoms with van der Waals surface area (Å²) in [6.45, 7) is 0. The van der Waals surface area contributed by atoms with Gasteiger partial charge in [-0.1, -0.05) is 0 Å². The van der Waals surface area contributed by atoms with E-state index in [0.717, 1.165) is 5.56 Å². The number of fused-ring (bicyclic) bond motifs is 1. The summed E-state index contributed by atoms with van der Waals surface area (Å²) in [7, 11) is 2.98. The zero-order chi connectivity index (χ0) is 11.7. The molecule has 1 aromatic rings. The lowest BCUT2D eigenvalue weighted by Crippen LogP contribution is -2.29. The molecule has 1 aromatic carbocycles. The summed E-state index contributed by atoms with van der Waals surface area (Å²) in [5, 5.41) is 0. The normalized spacial score (nSPS) is 19.2. The zero-order valence-electron chi connectivity index (χ0n) is 9.20. The van der Waals surface area contributed by atoms with Gasteiger partial charge < -0.3 is 9.47 Å². The van der Waals surface area contributed by atoms with Gasteiger partial charge in [0.25, 0.3) is 0 Å². The topological polar surface area (TPSA) is 35.5 Å². The van der Waals surface area contributed by atoms with Crippen molar-refractivity contribution in [1.29, 1.82) is 0 Å². The van der Waals surface area contributed by atoms with Crippen LogP contribution in [-0.4, -0.2) is 26.3 Å². The highest BCUT2D eigenvalue weighted by molar-refractivity contribution is 6.02. The molecule has 16 heavy (non-hydrogen) atoms. The van der Waals surface area contributed by atoms with E-state index in [1.807, 2.05) is 0 Å². The number of hydrogen-bond acceptors (Lipinski definition) is 3. The van der Waals surface area contributed by atoms with Crippen molar-refractivity contribution in [2.45, 2.75) is 12.7 Å². The molecule has 0 N–H and O–H groups in total. The standard InChI is InChI=1S/C12H13FO3/c1-15-12(16-2)10-6-7-5-8(13)3-4-9(7)11(10)14/h3-5,10,12H,6H2,1-2H3. The highest BCUT2D eigenvalue weighted by atomic mass is 19.1. The minimum atomic E-state index is -0.567. The van der Waals surface area contributed by atoms with Crippen LogP contribution in [0.3, 0.4) is 0 Å². The van der Waals surface area contributed by atoms with E-state index < -0.39 is 6.29 Å². The minimum absolute atomic E-state index is 0.0382. The second kappa shape index (κ2) is 4.31. The van der Waals surface area contributed by atoms with Crippen LogP contribution in [0.25, 0.3) is 0 Å². The van der Waals surface area contributed by atoms with Crippen molar-refractivity contribution < 1.29 is 18.7 Å². The maximum absolute atomic E-state index is 13.0. The molecule has 1 atom stereocenters. The van der Waals surface area contributed by atoms with Crippen LogP contribution in [0.15, 0.2) is 18.2 Å². The fourth-order valence-corrected chi connectivity index (χ4v) is 2.15. The summed E-state index contributed by atoms with van der Waals surface area (Å²) in [6, 6.07) is 4.22. The summed E-state index contributed by atoms with van der Waals surface area (Å²) in [5.74, 6) is -0.728. The highest BCUT2D eigenvalue weighted by Gasteiger charge is 2.36. The first-order valence-electron chi connectivity index (χ1n) is 5.05. The Balaban J connectivity index is 2.30. The molecule has 0 fully saturated rings. The van der Waals surface area contributed by atoms with E-state index in [2.05, 4.69) is 0 Å². The number of carbonyl (C=O) groups is 1. The van der Waals surface area contributed by atoms with Crippen molar-refractivity contribution in [2.75, 3.05) is 14.2 Å². The number of rotatable bonds is 3. The number of methoxy groups -OCH3 is 2. The van der Waals surface area contributed by atoms with Gasteiger partial charge in [-0.05, 0) is 30.2 Å². The van der Waals surface area contributed by atoms with Crippen molar-refractivity contribution in [3.8, 4) is 0 Å². The fraction of sp³-hybridized carbons (Fsp3) is 0.417. The molecular formula is C12H13FO3. The highest BCUT2D eigenvalue weighted by Crippen LogP contribution is 2.30. The van der Waals surface area contributed by atoms with Crippen molar-refractivity contribution in [1.82, 2.24) is 0 Å². The van der Waals surface area contributed by atoms with E-state index in [1.54, 1.807) is 0 Å². The van der Waals surface area contributed by atoms with Crippen molar-refractivity contribution in [3.05, 3.63) is 35.1 Å². The molecule has 1 aliphatic carbocycles. The number of halogens is 1. The Morgan fingerprint density at radius 1 is 1.38 bits per heavy atom. The Bertz CT molecular complexity index is 413. The van der Waals surface area contributed by atoms with Crippen molar-refractivity contribution >= 4 is 5.78 Å². The molecular weight excluding hydrogens is 211 g/mol. The smallest absolute Gasteiger partial charge is 0.171 e. The third-order valence-corrected chi connectivity index (χ3v) is 2.90. The third kappa shape index (κ3) is 1.74. The predicted octanol–water partition coefficient (Wildman–Crippen LogP) is 1.80. The number of benzene rings is 1. The lowest BCUT2D eigenvalue weighted by atomic mass is 10.0. The maximum Gasteiger partial charge on any atom is 0.171 e. The Kier molecular flexibility index (Phi) is 3.03. The van der Waals surface area contributed by atoms with Crippen molar-refractivity contribution in [2.24, 2.45) is 5.92 Å². The average molecular weight is 224 g/mol. The quantitative estimate of drug-likeness (QED) is 0.734. The van der Waals surface area contributed by atoms with Gasteiger partial charge in [0.1, 0.15) is 5.82 Å². The van der Waals surface area contributed by atoms with Crippen LogP contribution in [0, 0.1) is 11.7 Å². The second-order valence-corrected chi connectivity index (χ2v) is 3.82. The third-order valence-electron chi connectivity index (χ3n) is 2.90. The van der Waals surface area contributed by atoms with E-state index >= 15 is 0 Å². The number of Topliss-reactive ketones (excluding diaryl/α,β-unsaturated/α-hetero) is 1. The summed E-state index contributed by atoms with van der Waals surface area (Å²) < 4.78 is 23.2. The van der Waals surface area contributed by atoms with E-state index in [0.29, 0.717) is 12.0 Å². The molecule has 0 amide bonds. The Morgan fingerprint density at radius 3 is 2.69 bits per heavy atom. The molecule has 0 aliphatic heterocycles. The van der Waals surface area contributed by atoms with Gasteiger partial charge in [0, 0.05) is 19.8 Å². The molecule has 0 saturated carbocycles. The second-order valence-electron chi connectivity index (χ2n) is 3.82. The molecule has 2 rings (SSSR count). The summed E-state index contributed by atoms with van der Waals surface area (Å²) in [6.07, 6.45) is -0.0962. The van der Waals surface area contributed by atoms with E-state index in [1.165, 1.54) is 32.4 Å². The van der Waals surface area contributed by atoms with Gasteiger partial charge in [-0.3, -0.25) is 4.79 Å². The van der Waals surface area contributed by atoms with Gasteiger partial charge >= 0.3 is 0 Å². The number of hydrogen-bond donors (Lipinski definition) is 0. The Labute approximate surface area is 93.2 Å². The summed E-state index contributed by atoms with van der Waals surface area (Å²) >= 11 is 0. The molecule has 0 radical (unpaired) electrons. The first kappa shape index (κ1) is 11.2. The van der Waals surface area contributed by atoms with Gasteiger partial charge in [-0.15, -0.1) is 0 Å². The van der Waals surface area contributed by atoms with Gasteiger partial charge in [-0.25, -0.2) is 4.39 Å². The number of carbonyl (C=O) groups excluding carboxylic acids is 1. The average Bonchev–Trinajstić information content (AvgIpc) is 2.58. The van der Waals surface area contributed by atoms with Crippen LogP contribution in [0.2, 0.25) is 0 Å². The molecule has 86 valence electrons. The van der Waals surface area contributed by atoms with Crippen LogP contribution in [0.1, 0.15) is 15.9 Å². The Hall–Kier alpha value is -1.26. The Morgan fingerprint density at radius 2 is 2.06 bits per heavy atom. The number of ether oxygens (including phenoxy) is 2. The summed E-state index contributed by atoms with van der Waals surface area (Å²) in [5.41, 5.74) is 1.31. The van der Waals surface area contributed by atoms with E-state index in [9.17, 15) is 9.18 Å². The maximum atomic E-state index is 13.0. The van der Waals surface area contributed by atoms with Crippen LogP contribution < -0.4 is 0 Å². The summed E-state index contributed by atoms with van der Waals surface area (Å²) in [4.78, 5) is 12.0. The lowest BCUT2D eigenvalue weighted by molar-refractivity contribution is -0.125. The first-order valence-corrected chi connectivity index (χ1v) is 5.05. The predicted molar refractivity (Wildman–Crippen MR) is 55.7 cm³/mol. The molecule has 1 aliphatic rings. The zero-order valence-corrected chi connectivity index (χ0v) is 9.20. The molecule has 0 saturated heterocycles. The van der Waals surface area contributed by atoms with Crippen LogP contribution >= 0.6 is 0 Å². The monoisotopic (exact) mass is 224 g/mol. The van der Waals surface area contributed by atoms with Crippen LogP contribution in [-0.2, 0) is 15.9 Å². The van der Waals surface area contributed by atoms with E-state index in [-0.39, 0.29) is 17.5 Å². The van der Waals surface area contributed by atoms with Gasteiger partial charge in [-0.2, -0.15) is 0 Å². The molecule has 1 unspecified atom stereocenters. The van der Waals surface area contributed by atoms with E-state index in [4.69, 9.17) is 9.47 Å². The van der Waals surface area contributed by atoms with Crippen LogP contribution in [0.5, 0.6) is 0 Å². The first-order chi connectivity index (χ1) is 7.67. The molecule has 0 aromatic heterocycles. The SMILES string of the molecule is COC(OC)C1Cc2cc(F)ccc2C1=O. The molecule has 4 heteroatoms. The van der Waals surface area contributed by atoms with Gasteiger partial charge in [0.2, 0.25) is 0 Å². The molecule has 0 spiro atoms. The van der Waals surface area contributed by atoms with Gasteiger partial charge in [0.05, 0.1) is 5.92 Å². The molecule has 3 nitrogen and oxygen atoms in total. The largest absolute Gasteiger partial charge is 0.355 e. The van der Waals surface area contributed by atoms with Crippen molar-refractivity contribution in [3.63, 3.8) is 0 Å². The minimum Gasteiger partial charge on any atom is -0.355 e.